The summed E-state index contributed by atoms with van der Waals surface area (Å²) in [4.78, 5) is 17.3. The van der Waals surface area contributed by atoms with Crippen LogP contribution in [0.25, 0.3) is 0 Å². The molecule has 26 heavy (non-hydrogen) atoms. The molecule has 0 saturated carbocycles. The summed E-state index contributed by atoms with van der Waals surface area (Å²) in [5.74, 6) is 0.427. The molecule has 2 aliphatic heterocycles. The van der Waals surface area contributed by atoms with Crippen molar-refractivity contribution in [2.24, 2.45) is 5.92 Å². The Morgan fingerprint density at radius 2 is 1.85 bits per heavy atom. The Hall–Kier alpha value is -1.90. The molecule has 2 aliphatic rings. The lowest BCUT2D eigenvalue weighted by molar-refractivity contribution is -0.138. The van der Waals surface area contributed by atoms with Gasteiger partial charge in [-0.15, -0.1) is 0 Å². The van der Waals surface area contributed by atoms with Crippen LogP contribution in [-0.4, -0.2) is 62.1 Å². The fourth-order valence-electron chi connectivity index (χ4n) is 4.21. The normalized spacial score (nSPS) is 21.3. The maximum absolute atomic E-state index is 12.9. The lowest BCUT2D eigenvalue weighted by Gasteiger charge is -2.40. The van der Waals surface area contributed by atoms with Crippen LogP contribution in [0.3, 0.4) is 0 Å². The minimum Gasteiger partial charge on any atom is -0.383 e. The van der Waals surface area contributed by atoms with E-state index in [2.05, 4.69) is 11.0 Å². The summed E-state index contributed by atoms with van der Waals surface area (Å²) in [5.41, 5.74) is 0.641. The van der Waals surface area contributed by atoms with Crippen LogP contribution >= 0.6 is 0 Å². The van der Waals surface area contributed by atoms with Crippen molar-refractivity contribution in [2.75, 3.05) is 46.4 Å². The largest absolute Gasteiger partial charge is 0.383 e. The zero-order valence-electron chi connectivity index (χ0n) is 15.7. The molecular weight excluding hydrogens is 326 g/mol. The minimum absolute atomic E-state index is 0.139. The first-order chi connectivity index (χ1) is 12.7. The summed E-state index contributed by atoms with van der Waals surface area (Å²) in [6.45, 7) is 5.01. The van der Waals surface area contributed by atoms with Crippen molar-refractivity contribution >= 4 is 5.91 Å². The fourth-order valence-corrected chi connectivity index (χ4v) is 4.21. The van der Waals surface area contributed by atoms with Crippen LogP contribution in [0.1, 0.15) is 31.2 Å². The Morgan fingerprint density at radius 1 is 1.19 bits per heavy atom. The van der Waals surface area contributed by atoms with Crippen molar-refractivity contribution in [3.8, 4) is 6.07 Å². The van der Waals surface area contributed by atoms with Gasteiger partial charge in [-0.3, -0.25) is 4.79 Å². The highest BCUT2D eigenvalue weighted by Crippen LogP contribution is 2.35. The predicted octanol–water partition coefficient (Wildman–Crippen LogP) is 2.43. The molecule has 0 atom stereocenters. The molecule has 5 heteroatoms. The van der Waals surface area contributed by atoms with Crippen LogP contribution in [-0.2, 0) is 14.9 Å². The van der Waals surface area contributed by atoms with Gasteiger partial charge in [-0.05, 0) is 44.3 Å². The van der Waals surface area contributed by atoms with E-state index in [0.29, 0.717) is 13.1 Å². The summed E-state index contributed by atoms with van der Waals surface area (Å²) in [5, 5.41) is 9.80. The van der Waals surface area contributed by atoms with Gasteiger partial charge in [-0.25, -0.2) is 0 Å². The quantitative estimate of drug-likeness (QED) is 0.814. The number of ether oxygens (including phenoxy) is 1. The number of likely N-dealkylation sites (tertiary alicyclic amines) is 2. The Morgan fingerprint density at radius 3 is 2.42 bits per heavy atom. The van der Waals surface area contributed by atoms with Gasteiger partial charge < -0.3 is 14.5 Å². The van der Waals surface area contributed by atoms with Crippen LogP contribution in [0.15, 0.2) is 30.3 Å². The topological polar surface area (TPSA) is 56.6 Å². The maximum atomic E-state index is 12.9. The Kier molecular flexibility index (Phi) is 6.29. The third kappa shape index (κ3) is 4.08. The van der Waals surface area contributed by atoms with Crippen molar-refractivity contribution in [3.63, 3.8) is 0 Å². The van der Waals surface area contributed by atoms with Crippen LogP contribution in [0.5, 0.6) is 0 Å². The zero-order chi connectivity index (χ0) is 18.4. The number of amides is 1. The zero-order valence-corrected chi connectivity index (χ0v) is 15.7. The maximum Gasteiger partial charge on any atom is 0.225 e. The van der Waals surface area contributed by atoms with Crippen LogP contribution in [0, 0.1) is 17.2 Å². The number of hydrogen-bond donors (Lipinski definition) is 0. The van der Waals surface area contributed by atoms with E-state index in [-0.39, 0.29) is 11.8 Å². The Bertz CT molecular complexity index is 624. The van der Waals surface area contributed by atoms with Crippen molar-refractivity contribution in [3.05, 3.63) is 35.9 Å². The predicted molar refractivity (Wildman–Crippen MR) is 101 cm³/mol. The highest BCUT2D eigenvalue weighted by molar-refractivity contribution is 5.79. The van der Waals surface area contributed by atoms with E-state index in [0.717, 1.165) is 57.5 Å². The number of piperidine rings is 2. The standard InChI is InChI=1S/C21H29N3O2/c1-26-16-15-23-11-7-18(8-12-23)20(25)24-13-9-21(17-22,10-14-24)19-5-3-2-4-6-19/h2-6,18H,7-16H2,1H3. The third-order valence-corrected chi connectivity index (χ3v) is 6.02. The Labute approximate surface area is 156 Å². The summed E-state index contributed by atoms with van der Waals surface area (Å²) in [6, 6.07) is 12.6. The molecule has 0 N–H and O–H groups in total. The molecule has 0 spiro atoms. The van der Waals surface area contributed by atoms with E-state index >= 15 is 0 Å². The number of carbonyl (C=O) groups is 1. The fraction of sp³-hybridized carbons (Fsp3) is 0.619. The van der Waals surface area contributed by atoms with Gasteiger partial charge in [0.25, 0.3) is 0 Å². The van der Waals surface area contributed by atoms with E-state index in [4.69, 9.17) is 4.74 Å². The second-order valence-electron chi connectivity index (χ2n) is 7.49. The second-order valence-corrected chi connectivity index (χ2v) is 7.49. The van der Waals surface area contributed by atoms with E-state index in [1.54, 1.807) is 7.11 Å². The highest BCUT2D eigenvalue weighted by atomic mass is 16.5. The molecule has 0 unspecified atom stereocenters. The van der Waals surface area contributed by atoms with Gasteiger partial charge in [-0.2, -0.15) is 5.26 Å². The van der Waals surface area contributed by atoms with Crippen LogP contribution < -0.4 is 0 Å². The monoisotopic (exact) mass is 355 g/mol. The van der Waals surface area contributed by atoms with Gasteiger partial charge in [0.15, 0.2) is 0 Å². The Balaban J connectivity index is 1.53. The minimum atomic E-state index is -0.443. The molecule has 2 heterocycles. The molecule has 0 aliphatic carbocycles. The summed E-state index contributed by atoms with van der Waals surface area (Å²) < 4.78 is 5.14. The van der Waals surface area contributed by atoms with Gasteiger partial charge in [0.05, 0.1) is 18.1 Å². The van der Waals surface area contributed by atoms with Crippen LogP contribution in [0.2, 0.25) is 0 Å². The molecule has 0 radical (unpaired) electrons. The van der Waals surface area contributed by atoms with E-state index < -0.39 is 5.41 Å². The van der Waals surface area contributed by atoms with E-state index in [9.17, 15) is 10.1 Å². The molecule has 1 aromatic carbocycles. The first-order valence-electron chi connectivity index (χ1n) is 9.65. The lowest BCUT2D eigenvalue weighted by Crippen LogP contribution is -2.48. The first kappa shape index (κ1) is 18.9. The number of methoxy groups -OCH3 is 1. The van der Waals surface area contributed by atoms with E-state index in [1.807, 2.05) is 35.2 Å². The number of nitrogens with zero attached hydrogens (tertiary/aromatic N) is 3. The van der Waals surface area contributed by atoms with Gasteiger partial charge >= 0.3 is 0 Å². The summed E-state index contributed by atoms with van der Waals surface area (Å²) >= 11 is 0. The van der Waals surface area contributed by atoms with Crippen molar-refractivity contribution in [2.45, 2.75) is 31.1 Å². The molecule has 2 saturated heterocycles. The molecule has 1 aromatic rings. The van der Waals surface area contributed by atoms with Crippen LogP contribution in [0.4, 0.5) is 0 Å². The highest BCUT2D eigenvalue weighted by Gasteiger charge is 2.39. The first-order valence-corrected chi connectivity index (χ1v) is 9.65. The molecule has 0 aromatic heterocycles. The molecule has 1 amide bonds. The number of benzene rings is 1. The van der Waals surface area contributed by atoms with Gasteiger partial charge in [0.2, 0.25) is 5.91 Å². The van der Waals surface area contributed by atoms with Gasteiger partial charge in [-0.1, -0.05) is 30.3 Å². The third-order valence-electron chi connectivity index (χ3n) is 6.02. The average Bonchev–Trinajstić information content (AvgIpc) is 2.73. The molecule has 3 rings (SSSR count). The number of rotatable bonds is 5. The smallest absolute Gasteiger partial charge is 0.225 e. The molecule has 2 fully saturated rings. The second kappa shape index (κ2) is 8.66. The molecular formula is C21H29N3O2. The number of carbonyl (C=O) groups excluding carboxylic acids is 1. The van der Waals surface area contributed by atoms with Gasteiger partial charge in [0.1, 0.15) is 0 Å². The number of nitriles is 1. The molecule has 0 bridgehead atoms. The number of hydrogen-bond acceptors (Lipinski definition) is 4. The molecule has 5 nitrogen and oxygen atoms in total. The lowest BCUT2D eigenvalue weighted by atomic mass is 9.74. The van der Waals surface area contributed by atoms with Crippen molar-refractivity contribution in [1.29, 1.82) is 5.26 Å². The molecule has 140 valence electrons. The van der Waals surface area contributed by atoms with Gasteiger partial charge in [0, 0.05) is 32.7 Å². The van der Waals surface area contributed by atoms with E-state index in [1.165, 1.54) is 0 Å². The average molecular weight is 355 g/mol. The summed E-state index contributed by atoms with van der Waals surface area (Å²) in [7, 11) is 1.73. The SMILES string of the molecule is COCCN1CCC(C(=O)N2CCC(C#N)(c3ccccc3)CC2)CC1. The van der Waals surface area contributed by atoms with Crippen molar-refractivity contribution < 1.29 is 9.53 Å². The summed E-state index contributed by atoms with van der Waals surface area (Å²) in [6.07, 6.45) is 3.32. The van der Waals surface area contributed by atoms with Crippen molar-refractivity contribution in [1.82, 2.24) is 9.80 Å².